The first-order chi connectivity index (χ1) is 12.0. The van der Waals surface area contributed by atoms with Crippen molar-refractivity contribution in [3.63, 3.8) is 0 Å². The molecule has 0 aromatic heterocycles. The van der Waals surface area contributed by atoms with Gasteiger partial charge in [0.1, 0.15) is 11.8 Å². The number of piperidine rings is 1. The molecule has 138 valence electrons. The van der Waals surface area contributed by atoms with Crippen LogP contribution in [0.15, 0.2) is 24.3 Å². The van der Waals surface area contributed by atoms with Crippen LogP contribution in [0.1, 0.15) is 44.0 Å². The Labute approximate surface area is 149 Å². The van der Waals surface area contributed by atoms with Crippen molar-refractivity contribution in [2.45, 2.75) is 45.7 Å². The van der Waals surface area contributed by atoms with Crippen LogP contribution in [0.25, 0.3) is 0 Å². The maximum absolute atomic E-state index is 12.6. The van der Waals surface area contributed by atoms with Gasteiger partial charge in [-0.3, -0.25) is 9.59 Å². The van der Waals surface area contributed by atoms with Crippen molar-refractivity contribution in [2.24, 2.45) is 5.92 Å². The Balaban J connectivity index is 1.97. The van der Waals surface area contributed by atoms with Crippen LogP contribution >= 0.6 is 0 Å². The van der Waals surface area contributed by atoms with Crippen molar-refractivity contribution in [3.05, 3.63) is 29.8 Å². The van der Waals surface area contributed by atoms with Gasteiger partial charge in [-0.05, 0) is 56.5 Å². The number of rotatable bonds is 7. The van der Waals surface area contributed by atoms with Crippen molar-refractivity contribution in [1.82, 2.24) is 16.0 Å². The van der Waals surface area contributed by atoms with Gasteiger partial charge in [-0.1, -0.05) is 13.8 Å². The van der Waals surface area contributed by atoms with E-state index in [0.29, 0.717) is 12.2 Å². The van der Waals surface area contributed by atoms with E-state index in [0.717, 1.165) is 31.7 Å². The first-order valence-electron chi connectivity index (χ1n) is 9.06. The number of ether oxygens (including phenoxy) is 1. The fourth-order valence-electron chi connectivity index (χ4n) is 2.89. The number of hydrogen-bond acceptors (Lipinski definition) is 4. The van der Waals surface area contributed by atoms with Crippen LogP contribution in [0.5, 0.6) is 5.75 Å². The third-order valence-corrected chi connectivity index (χ3v) is 4.31. The average Bonchev–Trinajstić information content (AvgIpc) is 2.61. The smallest absolute Gasteiger partial charge is 0.251 e. The second kappa shape index (κ2) is 9.42. The Morgan fingerprint density at radius 1 is 1.28 bits per heavy atom. The van der Waals surface area contributed by atoms with E-state index in [2.05, 4.69) is 16.0 Å². The van der Waals surface area contributed by atoms with Crippen LogP contribution in [0, 0.1) is 5.92 Å². The van der Waals surface area contributed by atoms with Gasteiger partial charge < -0.3 is 20.7 Å². The lowest BCUT2D eigenvalue weighted by molar-refractivity contribution is -0.124. The van der Waals surface area contributed by atoms with E-state index < -0.39 is 6.04 Å². The molecule has 1 saturated heterocycles. The lowest BCUT2D eigenvalue weighted by Gasteiger charge is -2.28. The molecule has 0 aliphatic carbocycles. The highest BCUT2D eigenvalue weighted by molar-refractivity contribution is 5.97. The molecule has 0 spiro atoms. The van der Waals surface area contributed by atoms with E-state index in [1.54, 1.807) is 24.3 Å². The van der Waals surface area contributed by atoms with Crippen LogP contribution in [-0.4, -0.2) is 43.6 Å². The fraction of sp³-hybridized carbons (Fsp3) is 0.579. The van der Waals surface area contributed by atoms with E-state index in [-0.39, 0.29) is 23.8 Å². The molecule has 0 radical (unpaired) electrons. The highest BCUT2D eigenvalue weighted by Gasteiger charge is 2.27. The molecule has 1 aliphatic rings. The molecule has 2 amide bonds. The van der Waals surface area contributed by atoms with Gasteiger partial charge >= 0.3 is 0 Å². The minimum Gasteiger partial charge on any atom is -0.494 e. The van der Waals surface area contributed by atoms with Crippen LogP contribution < -0.4 is 20.7 Å². The Bertz CT molecular complexity index is 566. The monoisotopic (exact) mass is 347 g/mol. The SMILES string of the molecule is CCOc1ccc(C(=O)NC(C(=O)N[C@H]2CCCNC2)C(C)C)cc1. The predicted octanol–water partition coefficient (Wildman–Crippen LogP) is 1.71. The second-order valence-corrected chi connectivity index (χ2v) is 6.70. The van der Waals surface area contributed by atoms with E-state index in [1.807, 2.05) is 20.8 Å². The van der Waals surface area contributed by atoms with Crippen molar-refractivity contribution in [3.8, 4) is 5.75 Å². The Morgan fingerprint density at radius 2 is 2.00 bits per heavy atom. The van der Waals surface area contributed by atoms with Gasteiger partial charge in [0.25, 0.3) is 5.91 Å². The molecule has 2 rings (SSSR count). The van der Waals surface area contributed by atoms with Gasteiger partial charge in [-0.2, -0.15) is 0 Å². The summed E-state index contributed by atoms with van der Waals surface area (Å²) in [5.41, 5.74) is 0.515. The van der Waals surface area contributed by atoms with Gasteiger partial charge in [0.05, 0.1) is 6.61 Å². The molecule has 0 bridgehead atoms. The van der Waals surface area contributed by atoms with Crippen molar-refractivity contribution in [1.29, 1.82) is 0 Å². The molecule has 6 heteroatoms. The van der Waals surface area contributed by atoms with Crippen LogP contribution in [-0.2, 0) is 4.79 Å². The van der Waals surface area contributed by atoms with Crippen LogP contribution in [0.2, 0.25) is 0 Å². The Kier molecular flexibility index (Phi) is 7.25. The molecule has 0 saturated carbocycles. The number of hydrogen-bond donors (Lipinski definition) is 3. The topological polar surface area (TPSA) is 79.5 Å². The standard InChI is InChI=1S/C19H29N3O3/c1-4-25-16-9-7-14(8-10-16)18(23)22-17(13(2)3)19(24)21-15-6-5-11-20-12-15/h7-10,13,15,17,20H,4-6,11-12H2,1-3H3,(H,21,24)(H,22,23)/t15-,17?/m0/s1. The predicted molar refractivity (Wildman–Crippen MR) is 97.7 cm³/mol. The fourth-order valence-corrected chi connectivity index (χ4v) is 2.89. The Morgan fingerprint density at radius 3 is 2.56 bits per heavy atom. The lowest BCUT2D eigenvalue weighted by atomic mass is 10.0. The van der Waals surface area contributed by atoms with Gasteiger partial charge in [0.15, 0.2) is 0 Å². The number of carbonyl (C=O) groups excluding carboxylic acids is 2. The number of carbonyl (C=O) groups is 2. The molecule has 3 N–H and O–H groups in total. The molecular formula is C19H29N3O3. The first-order valence-corrected chi connectivity index (χ1v) is 9.06. The zero-order valence-corrected chi connectivity index (χ0v) is 15.3. The van der Waals surface area contributed by atoms with Crippen molar-refractivity contribution >= 4 is 11.8 Å². The highest BCUT2D eigenvalue weighted by atomic mass is 16.5. The molecule has 25 heavy (non-hydrogen) atoms. The summed E-state index contributed by atoms with van der Waals surface area (Å²) < 4.78 is 5.38. The second-order valence-electron chi connectivity index (χ2n) is 6.70. The van der Waals surface area contributed by atoms with Gasteiger partial charge in [0.2, 0.25) is 5.91 Å². The molecule has 1 aliphatic heterocycles. The zero-order chi connectivity index (χ0) is 18.2. The van der Waals surface area contributed by atoms with Gasteiger partial charge in [-0.25, -0.2) is 0 Å². The summed E-state index contributed by atoms with van der Waals surface area (Å²) in [7, 11) is 0. The van der Waals surface area contributed by atoms with Crippen molar-refractivity contribution in [2.75, 3.05) is 19.7 Å². The maximum atomic E-state index is 12.6. The molecule has 1 aromatic rings. The average molecular weight is 347 g/mol. The summed E-state index contributed by atoms with van der Waals surface area (Å²) in [5.74, 6) is 0.354. The largest absolute Gasteiger partial charge is 0.494 e. The van der Waals surface area contributed by atoms with Gasteiger partial charge in [0, 0.05) is 18.2 Å². The molecule has 1 aromatic carbocycles. The Hall–Kier alpha value is -2.08. The van der Waals surface area contributed by atoms with Crippen LogP contribution in [0.4, 0.5) is 0 Å². The first kappa shape index (κ1) is 19.2. The zero-order valence-electron chi connectivity index (χ0n) is 15.3. The summed E-state index contributed by atoms with van der Waals surface area (Å²) >= 11 is 0. The van der Waals surface area contributed by atoms with Gasteiger partial charge in [-0.15, -0.1) is 0 Å². The maximum Gasteiger partial charge on any atom is 0.251 e. The molecule has 6 nitrogen and oxygen atoms in total. The third kappa shape index (κ3) is 5.74. The third-order valence-electron chi connectivity index (χ3n) is 4.31. The quantitative estimate of drug-likeness (QED) is 0.701. The summed E-state index contributed by atoms with van der Waals surface area (Å²) in [6, 6.07) is 6.51. The number of amides is 2. The minimum atomic E-state index is -0.555. The van der Waals surface area contributed by atoms with E-state index in [1.165, 1.54) is 0 Å². The van der Waals surface area contributed by atoms with Crippen molar-refractivity contribution < 1.29 is 14.3 Å². The summed E-state index contributed by atoms with van der Waals surface area (Å²) in [4.78, 5) is 25.1. The molecular weight excluding hydrogens is 318 g/mol. The number of nitrogens with one attached hydrogen (secondary N) is 3. The van der Waals surface area contributed by atoms with E-state index >= 15 is 0 Å². The highest BCUT2D eigenvalue weighted by Crippen LogP contribution is 2.13. The molecule has 1 fully saturated rings. The lowest BCUT2D eigenvalue weighted by Crippen LogP contribution is -2.54. The summed E-state index contributed by atoms with van der Waals surface area (Å²) in [6.45, 7) is 8.13. The number of benzene rings is 1. The molecule has 1 unspecified atom stereocenters. The molecule has 1 heterocycles. The summed E-state index contributed by atoms with van der Waals surface area (Å²) in [5, 5.41) is 9.18. The van der Waals surface area contributed by atoms with Crippen LogP contribution in [0.3, 0.4) is 0 Å². The molecule has 2 atom stereocenters. The van der Waals surface area contributed by atoms with E-state index in [9.17, 15) is 9.59 Å². The van der Waals surface area contributed by atoms with E-state index in [4.69, 9.17) is 4.74 Å². The normalized spacial score (nSPS) is 18.5. The summed E-state index contributed by atoms with van der Waals surface area (Å²) in [6.07, 6.45) is 2.02. The minimum absolute atomic E-state index is 0.00296.